The SMILES string of the molecule is COc1cc([C@@H](CF)N2CCNCC2)cc([N+](=O)[O-])c1O. The van der Waals surface area contributed by atoms with Crippen LogP contribution >= 0.6 is 0 Å². The summed E-state index contributed by atoms with van der Waals surface area (Å²) in [5.74, 6) is -0.558. The highest BCUT2D eigenvalue weighted by atomic mass is 19.1. The second kappa shape index (κ2) is 6.68. The van der Waals surface area contributed by atoms with E-state index in [-0.39, 0.29) is 5.75 Å². The molecule has 0 aliphatic carbocycles. The van der Waals surface area contributed by atoms with Crippen LogP contribution in [0.5, 0.6) is 11.5 Å². The van der Waals surface area contributed by atoms with Crippen LogP contribution in [0.4, 0.5) is 10.1 Å². The Bertz CT molecular complexity index is 520. The summed E-state index contributed by atoms with van der Waals surface area (Å²) in [6.45, 7) is 2.14. The fourth-order valence-electron chi connectivity index (χ4n) is 2.49. The Morgan fingerprint density at radius 2 is 2.19 bits per heavy atom. The molecule has 0 bridgehead atoms. The number of nitrogens with zero attached hydrogens (tertiary/aromatic N) is 2. The number of ether oxygens (including phenoxy) is 1. The van der Waals surface area contributed by atoms with Gasteiger partial charge in [0.25, 0.3) is 0 Å². The Hall–Kier alpha value is -1.93. The van der Waals surface area contributed by atoms with Crippen LogP contribution < -0.4 is 10.1 Å². The molecule has 2 N–H and O–H groups in total. The number of hydrogen-bond acceptors (Lipinski definition) is 6. The number of nitro benzene ring substituents is 1. The van der Waals surface area contributed by atoms with Crippen molar-refractivity contribution in [2.75, 3.05) is 40.0 Å². The molecule has 7 nitrogen and oxygen atoms in total. The van der Waals surface area contributed by atoms with Gasteiger partial charge < -0.3 is 15.2 Å². The summed E-state index contributed by atoms with van der Waals surface area (Å²) in [4.78, 5) is 12.2. The van der Waals surface area contributed by atoms with Crippen molar-refractivity contribution in [3.05, 3.63) is 27.8 Å². The average molecular weight is 299 g/mol. The minimum atomic E-state index is -0.700. The van der Waals surface area contributed by atoms with Gasteiger partial charge in [-0.05, 0) is 11.6 Å². The molecule has 0 saturated carbocycles. The van der Waals surface area contributed by atoms with Crippen molar-refractivity contribution in [1.82, 2.24) is 10.2 Å². The highest BCUT2D eigenvalue weighted by Gasteiger charge is 2.27. The van der Waals surface area contributed by atoms with Crippen LogP contribution in [-0.4, -0.2) is 54.9 Å². The van der Waals surface area contributed by atoms with Crippen molar-refractivity contribution >= 4 is 5.69 Å². The largest absolute Gasteiger partial charge is 0.500 e. The second-order valence-electron chi connectivity index (χ2n) is 4.80. The maximum atomic E-state index is 13.5. The molecule has 116 valence electrons. The minimum absolute atomic E-state index is 0.0206. The summed E-state index contributed by atoms with van der Waals surface area (Å²) in [6, 6.07) is 2.08. The molecule has 1 aliphatic rings. The number of piperazine rings is 1. The number of halogens is 1. The molecule has 1 heterocycles. The first kappa shape index (κ1) is 15.5. The van der Waals surface area contributed by atoms with Crippen molar-refractivity contribution < 1.29 is 19.2 Å². The van der Waals surface area contributed by atoms with E-state index in [2.05, 4.69) is 5.32 Å². The molecule has 1 aromatic rings. The fourth-order valence-corrected chi connectivity index (χ4v) is 2.49. The number of aromatic hydroxyl groups is 1. The van der Waals surface area contributed by atoms with Crippen LogP contribution in [0.15, 0.2) is 12.1 Å². The second-order valence-corrected chi connectivity index (χ2v) is 4.80. The number of rotatable bonds is 5. The third-order valence-electron chi connectivity index (χ3n) is 3.62. The van der Waals surface area contributed by atoms with Gasteiger partial charge in [-0.1, -0.05) is 0 Å². The Morgan fingerprint density at radius 1 is 1.52 bits per heavy atom. The summed E-state index contributed by atoms with van der Waals surface area (Å²) >= 11 is 0. The maximum Gasteiger partial charge on any atom is 0.314 e. The van der Waals surface area contributed by atoms with Gasteiger partial charge in [0.15, 0.2) is 5.75 Å². The number of nitrogens with one attached hydrogen (secondary N) is 1. The van der Waals surface area contributed by atoms with E-state index in [0.717, 1.165) is 13.1 Å². The van der Waals surface area contributed by atoms with Gasteiger partial charge in [-0.15, -0.1) is 0 Å². The molecule has 21 heavy (non-hydrogen) atoms. The monoisotopic (exact) mass is 299 g/mol. The highest BCUT2D eigenvalue weighted by Crippen LogP contribution is 2.39. The summed E-state index contributed by atoms with van der Waals surface area (Å²) in [5.41, 5.74) is -0.0429. The van der Waals surface area contributed by atoms with Crippen LogP contribution in [0.3, 0.4) is 0 Å². The van der Waals surface area contributed by atoms with Crippen LogP contribution in [0.2, 0.25) is 0 Å². The lowest BCUT2D eigenvalue weighted by atomic mass is 10.0. The normalized spacial score (nSPS) is 17.4. The summed E-state index contributed by atoms with van der Waals surface area (Å²) < 4.78 is 18.4. The van der Waals surface area contributed by atoms with E-state index < -0.39 is 29.1 Å². The number of benzene rings is 1. The minimum Gasteiger partial charge on any atom is -0.500 e. The molecule has 1 fully saturated rings. The van der Waals surface area contributed by atoms with Crippen LogP contribution in [0.1, 0.15) is 11.6 Å². The Labute approximate surface area is 121 Å². The summed E-state index contributed by atoms with van der Waals surface area (Å²) in [5, 5.41) is 23.9. The predicted molar refractivity (Wildman–Crippen MR) is 74.5 cm³/mol. The lowest BCUT2D eigenvalue weighted by molar-refractivity contribution is -0.386. The lowest BCUT2D eigenvalue weighted by Crippen LogP contribution is -2.45. The highest BCUT2D eigenvalue weighted by molar-refractivity contribution is 5.57. The third-order valence-corrected chi connectivity index (χ3v) is 3.62. The average Bonchev–Trinajstić information content (AvgIpc) is 2.50. The molecule has 0 amide bonds. The van der Waals surface area contributed by atoms with Crippen molar-refractivity contribution in [3.8, 4) is 11.5 Å². The molecule has 0 unspecified atom stereocenters. The van der Waals surface area contributed by atoms with Gasteiger partial charge >= 0.3 is 5.69 Å². The smallest absolute Gasteiger partial charge is 0.314 e. The van der Waals surface area contributed by atoms with Gasteiger partial charge in [-0.25, -0.2) is 4.39 Å². The molecule has 1 atom stereocenters. The quantitative estimate of drug-likeness (QED) is 0.628. The van der Waals surface area contributed by atoms with E-state index in [4.69, 9.17) is 4.74 Å². The van der Waals surface area contributed by atoms with Crippen molar-refractivity contribution in [3.63, 3.8) is 0 Å². The van der Waals surface area contributed by atoms with E-state index in [9.17, 15) is 19.6 Å². The van der Waals surface area contributed by atoms with Gasteiger partial charge in [-0.2, -0.15) is 0 Å². The first-order chi connectivity index (χ1) is 10.1. The number of nitro groups is 1. The molecule has 0 radical (unpaired) electrons. The molecule has 1 saturated heterocycles. The van der Waals surface area contributed by atoms with Crippen LogP contribution in [0.25, 0.3) is 0 Å². The van der Waals surface area contributed by atoms with Gasteiger partial charge in [0.2, 0.25) is 5.75 Å². The Balaban J connectivity index is 2.40. The van der Waals surface area contributed by atoms with E-state index in [1.165, 1.54) is 19.2 Å². The number of alkyl halides is 1. The molecular formula is C13H18FN3O4. The summed E-state index contributed by atoms with van der Waals surface area (Å²) in [7, 11) is 1.30. The maximum absolute atomic E-state index is 13.5. The van der Waals surface area contributed by atoms with E-state index in [1.807, 2.05) is 4.90 Å². The summed E-state index contributed by atoms with van der Waals surface area (Å²) in [6.07, 6.45) is 0. The standard InChI is InChI=1S/C13H18FN3O4/c1-21-12-7-9(6-10(13(12)18)17(19)20)11(8-14)16-4-2-15-3-5-16/h6-7,11,15,18H,2-5,8H2,1H3/t11-/m1/s1. The third kappa shape index (κ3) is 3.22. The lowest BCUT2D eigenvalue weighted by Gasteiger charge is -2.33. The van der Waals surface area contributed by atoms with Crippen LogP contribution in [-0.2, 0) is 0 Å². The molecule has 8 heteroatoms. The number of phenols is 1. The molecule has 0 aromatic heterocycles. The van der Waals surface area contributed by atoms with E-state index in [1.54, 1.807) is 0 Å². The molecular weight excluding hydrogens is 281 g/mol. The first-order valence-electron chi connectivity index (χ1n) is 6.64. The van der Waals surface area contributed by atoms with E-state index in [0.29, 0.717) is 18.7 Å². The van der Waals surface area contributed by atoms with Crippen molar-refractivity contribution in [1.29, 1.82) is 0 Å². The van der Waals surface area contributed by atoms with Gasteiger partial charge in [0.1, 0.15) is 6.67 Å². The van der Waals surface area contributed by atoms with Crippen molar-refractivity contribution in [2.24, 2.45) is 0 Å². The predicted octanol–water partition coefficient (Wildman–Crippen LogP) is 1.22. The Kier molecular flexibility index (Phi) is 4.92. The number of phenolic OH excluding ortho intramolecular Hbond substituents is 1. The molecule has 1 aliphatic heterocycles. The topological polar surface area (TPSA) is 87.9 Å². The number of methoxy groups -OCH3 is 1. The van der Waals surface area contributed by atoms with Gasteiger partial charge in [0, 0.05) is 32.2 Å². The zero-order valence-electron chi connectivity index (χ0n) is 11.7. The van der Waals surface area contributed by atoms with Crippen molar-refractivity contribution in [2.45, 2.75) is 6.04 Å². The number of hydrogen-bond donors (Lipinski definition) is 2. The van der Waals surface area contributed by atoms with Gasteiger partial charge in [-0.3, -0.25) is 15.0 Å². The first-order valence-corrected chi connectivity index (χ1v) is 6.64. The molecule has 1 aromatic carbocycles. The molecule has 0 spiro atoms. The Morgan fingerprint density at radius 3 is 2.71 bits per heavy atom. The van der Waals surface area contributed by atoms with Gasteiger partial charge in [0.05, 0.1) is 18.1 Å². The zero-order chi connectivity index (χ0) is 15.4. The van der Waals surface area contributed by atoms with E-state index >= 15 is 0 Å². The fraction of sp³-hybridized carbons (Fsp3) is 0.538. The van der Waals surface area contributed by atoms with Crippen LogP contribution in [0, 0.1) is 10.1 Å². The molecule has 2 rings (SSSR count). The zero-order valence-corrected chi connectivity index (χ0v) is 11.7.